The van der Waals surface area contributed by atoms with E-state index in [1.165, 1.54) is 13.2 Å². The Balaban J connectivity index is 2.05. The maximum atomic E-state index is 13.7. The van der Waals surface area contributed by atoms with Crippen LogP contribution in [-0.2, 0) is 12.8 Å². The van der Waals surface area contributed by atoms with Crippen LogP contribution in [0.1, 0.15) is 11.1 Å². The van der Waals surface area contributed by atoms with Crippen molar-refractivity contribution in [2.24, 2.45) is 5.84 Å². The van der Waals surface area contributed by atoms with E-state index in [0.29, 0.717) is 11.4 Å². The van der Waals surface area contributed by atoms with Crippen molar-refractivity contribution in [3.8, 4) is 5.75 Å². The van der Waals surface area contributed by atoms with E-state index in [-0.39, 0.29) is 17.6 Å². The fourth-order valence-corrected chi connectivity index (χ4v) is 2.34. The zero-order chi connectivity index (χ0) is 15.2. The first-order valence-electron chi connectivity index (χ1n) is 6.65. The Morgan fingerprint density at radius 2 is 1.76 bits per heavy atom. The van der Waals surface area contributed by atoms with E-state index < -0.39 is 0 Å². The standard InChI is InChI=1S/C16H18ClFN2O/c1-21-16-7-4-12(10-15(16)18)9-14(20-19)8-11-2-5-13(17)6-3-11/h2-7,10,14,20H,8-9,19H2,1H3. The first kappa shape index (κ1) is 15.8. The van der Waals surface area contributed by atoms with Crippen LogP contribution in [0.3, 0.4) is 0 Å². The van der Waals surface area contributed by atoms with Crippen molar-refractivity contribution in [1.29, 1.82) is 0 Å². The molecule has 0 amide bonds. The SMILES string of the molecule is COc1ccc(CC(Cc2ccc(Cl)cc2)NN)cc1F. The number of ether oxygens (including phenoxy) is 1. The lowest BCUT2D eigenvalue weighted by Gasteiger charge is -2.16. The van der Waals surface area contributed by atoms with Gasteiger partial charge in [0, 0.05) is 11.1 Å². The van der Waals surface area contributed by atoms with Gasteiger partial charge in [-0.2, -0.15) is 0 Å². The second-order valence-corrected chi connectivity index (χ2v) is 5.30. The highest BCUT2D eigenvalue weighted by Crippen LogP contribution is 2.19. The molecule has 0 aliphatic heterocycles. The average Bonchev–Trinajstić information content (AvgIpc) is 2.49. The van der Waals surface area contributed by atoms with Gasteiger partial charge in [-0.25, -0.2) is 4.39 Å². The van der Waals surface area contributed by atoms with Gasteiger partial charge in [0.2, 0.25) is 0 Å². The van der Waals surface area contributed by atoms with Crippen molar-refractivity contribution < 1.29 is 9.13 Å². The summed E-state index contributed by atoms with van der Waals surface area (Å²) in [6.45, 7) is 0. The van der Waals surface area contributed by atoms with Gasteiger partial charge in [0.1, 0.15) is 0 Å². The predicted molar refractivity (Wildman–Crippen MR) is 82.9 cm³/mol. The van der Waals surface area contributed by atoms with Gasteiger partial charge in [0.15, 0.2) is 11.6 Å². The Hall–Kier alpha value is -1.62. The summed E-state index contributed by atoms with van der Waals surface area (Å²) in [7, 11) is 1.45. The summed E-state index contributed by atoms with van der Waals surface area (Å²) >= 11 is 5.86. The van der Waals surface area contributed by atoms with Gasteiger partial charge < -0.3 is 4.74 Å². The average molecular weight is 309 g/mol. The van der Waals surface area contributed by atoms with Crippen LogP contribution in [0.15, 0.2) is 42.5 Å². The van der Waals surface area contributed by atoms with E-state index in [9.17, 15) is 4.39 Å². The third-order valence-electron chi connectivity index (χ3n) is 3.33. The summed E-state index contributed by atoms with van der Waals surface area (Å²) in [5.41, 5.74) is 4.76. The predicted octanol–water partition coefficient (Wildman–Crippen LogP) is 3.10. The molecule has 3 N–H and O–H groups in total. The largest absolute Gasteiger partial charge is 0.494 e. The van der Waals surface area contributed by atoms with Crippen molar-refractivity contribution >= 4 is 11.6 Å². The maximum absolute atomic E-state index is 13.7. The molecule has 0 bridgehead atoms. The third kappa shape index (κ3) is 4.43. The number of halogens is 2. The highest BCUT2D eigenvalue weighted by Gasteiger charge is 2.11. The van der Waals surface area contributed by atoms with Crippen LogP contribution >= 0.6 is 11.6 Å². The summed E-state index contributed by atoms with van der Waals surface area (Å²) < 4.78 is 18.6. The molecule has 0 fully saturated rings. The molecule has 0 spiro atoms. The van der Waals surface area contributed by atoms with Crippen LogP contribution in [0.25, 0.3) is 0 Å². The third-order valence-corrected chi connectivity index (χ3v) is 3.58. The van der Waals surface area contributed by atoms with E-state index in [1.54, 1.807) is 6.07 Å². The molecule has 5 heteroatoms. The normalized spacial score (nSPS) is 12.2. The first-order chi connectivity index (χ1) is 10.1. The monoisotopic (exact) mass is 308 g/mol. The van der Waals surface area contributed by atoms with Gasteiger partial charge in [-0.3, -0.25) is 11.3 Å². The molecule has 3 nitrogen and oxygen atoms in total. The lowest BCUT2D eigenvalue weighted by molar-refractivity contribution is 0.386. The van der Waals surface area contributed by atoms with E-state index in [0.717, 1.165) is 17.5 Å². The van der Waals surface area contributed by atoms with Crippen molar-refractivity contribution in [2.75, 3.05) is 7.11 Å². The summed E-state index contributed by atoms with van der Waals surface area (Å²) in [5.74, 6) is 5.48. The fraction of sp³-hybridized carbons (Fsp3) is 0.250. The molecule has 0 aliphatic carbocycles. The minimum Gasteiger partial charge on any atom is -0.494 e. The van der Waals surface area contributed by atoms with Gasteiger partial charge in [-0.15, -0.1) is 0 Å². The number of benzene rings is 2. The van der Waals surface area contributed by atoms with Gasteiger partial charge >= 0.3 is 0 Å². The number of methoxy groups -OCH3 is 1. The minimum atomic E-state index is -0.364. The van der Waals surface area contributed by atoms with Crippen molar-refractivity contribution in [1.82, 2.24) is 5.43 Å². The molecular formula is C16H18ClFN2O. The number of nitrogens with two attached hydrogens (primary N) is 1. The Kier molecular flexibility index (Phi) is 5.56. The zero-order valence-corrected chi connectivity index (χ0v) is 12.5. The molecule has 0 saturated carbocycles. The Morgan fingerprint density at radius 1 is 1.14 bits per heavy atom. The van der Waals surface area contributed by atoms with Gasteiger partial charge in [-0.05, 0) is 48.2 Å². The highest BCUT2D eigenvalue weighted by atomic mass is 35.5. The number of nitrogens with one attached hydrogen (secondary N) is 1. The molecule has 0 heterocycles. The van der Waals surface area contributed by atoms with E-state index in [4.69, 9.17) is 22.2 Å². The number of hydrazine groups is 1. The van der Waals surface area contributed by atoms with E-state index >= 15 is 0 Å². The number of hydrogen-bond acceptors (Lipinski definition) is 3. The maximum Gasteiger partial charge on any atom is 0.165 e. The lowest BCUT2D eigenvalue weighted by Crippen LogP contribution is -2.38. The van der Waals surface area contributed by atoms with Crippen LogP contribution in [0.4, 0.5) is 4.39 Å². The molecule has 2 aromatic rings. The zero-order valence-electron chi connectivity index (χ0n) is 11.8. The molecule has 0 saturated heterocycles. The molecule has 112 valence electrons. The molecule has 2 rings (SSSR count). The molecule has 0 radical (unpaired) electrons. The van der Waals surface area contributed by atoms with Gasteiger partial charge in [0.05, 0.1) is 7.11 Å². The van der Waals surface area contributed by atoms with Gasteiger partial charge in [-0.1, -0.05) is 29.8 Å². The van der Waals surface area contributed by atoms with Crippen LogP contribution in [0.5, 0.6) is 5.75 Å². The van der Waals surface area contributed by atoms with Crippen molar-refractivity contribution in [3.05, 3.63) is 64.4 Å². The molecule has 2 aromatic carbocycles. The molecule has 1 unspecified atom stereocenters. The Labute approximate surface area is 128 Å². The molecule has 0 aromatic heterocycles. The number of rotatable bonds is 6. The van der Waals surface area contributed by atoms with Crippen LogP contribution in [0, 0.1) is 5.82 Å². The van der Waals surface area contributed by atoms with E-state index in [2.05, 4.69) is 5.43 Å². The van der Waals surface area contributed by atoms with Crippen LogP contribution in [-0.4, -0.2) is 13.2 Å². The summed E-state index contributed by atoms with van der Waals surface area (Å²) in [6, 6.07) is 12.6. The summed E-state index contributed by atoms with van der Waals surface area (Å²) in [5, 5.41) is 0.702. The molecule has 21 heavy (non-hydrogen) atoms. The first-order valence-corrected chi connectivity index (χ1v) is 7.03. The molecule has 1 atom stereocenters. The fourth-order valence-electron chi connectivity index (χ4n) is 2.22. The second kappa shape index (κ2) is 7.41. The smallest absolute Gasteiger partial charge is 0.165 e. The molecule has 0 aliphatic rings. The van der Waals surface area contributed by atoms with Gasteiger partial charge in [0.25, 0.3) is 0 Å². The molecular weight excluding hydrogens is 291 g/mol. The minimum absolute atomic E-state index is 0.0129. The van der Waals surface area contributed by atoms with Crippen LogP contribution in [0.2, 0.25) is 5.02 Å². The summed E-state index contributed by atoms with van der Waals surface area (Å²) in [6.07, 6.45) is 1.36. The van der Waals surface area contributed by atoms with Crippen LogP contribution < -0.4 is 16.0 Å². The lowest BCUT2D eigenvalue weighted by atomic mass is 9.99. The Morgan fingerprint density at radius 3 is 2.33 bits per heavy atom. The van der Waals surface area contributed by atoms with Crippen molar-refractivity contribution in [3.63, 3.8) is 0 Å². The highest BCUT2D eigenvalue weighted by molar-refractivity contribution is 6.30. The summed E-state index contributed by atoms with van der Waals surface area (Å²) in [4.78, 5) is 0. The Bertz CT molecular complexity index is 589. The topological polar surface area (TPSA) is 47.3 Å². The number of hydrogen-bond donors (Lipinski definition) is 2. The second-order valence-electron chi connectivity index (χ2n) is 4.87. The van der Waals surface area contributed by atoms with Crippen molar-refractivity contribution in [2.45, 2.75) is 18.9 Å². The van der Waals surface area contributed by atoms with E-state index in [1.807, 2.05) is 30.3 Å². The quantitative estimate of drug-likeness (QED) is 0.637.